The van der Waals surface area contributed by atoms with Crippen molar-refractivity contribution in [3.63, 3.8) is 0 Å². The van der Waals surface area contributed by atoms with Gasteiger partial charge in [0.25, 0.3) is 0 Å². The average molecular weight is 272 g/mol. The van der Waals surface area contributed by atoms with Gasteiger partial charge in [-0.1, -0.05) is 13.8 Å². The van der Waals surface area contributed by atoms with E-state index in [1.807, 2.05) is 6.92 Å². The summed E-state index contributed by atoms with van der Waals surface area (Å²) in [5.74, 6) is -0.485. The molecule has 1 atom stereocenters. The first-order chi connectivity index (χ1) is 9.03. The monoisotopic (exact) mass is 272 g/mol. The SMILES string of the molecule is CCN(CC)CCCC(C)NC(=O)CNC(=O)CN. The van der Waals surface area contributed by atoms with Crippen molar-refractivity contribution in [2.75, 3.05) is 32.7 Å². The lowest BCUT2D eigenvalue weighted by atomic mass is 10.1. The standard InChI is InChI=1S/C13H28N4O2/c1-4-17(5-2)8-6-7-11(3)16-13(19)10-15-12(18)9-14/h11H,4-10,14H2,1-3H3,(H,15,18)(H,16,19). The third-order valence-corrected chi connectivity index (χ3v) is 3.04. The first kappa shape index (κ1) is 17.9. The fraction of sp³-hybridized carbons (Fsp3) is 0.846. The molecule has 0 fully saturated rings. The molecule has 1 unspecified atom stereocenters. The highest BCUT2D eigenvalue weighted by molar-refractivity contribution is 5.85. The molecule has 0 radical (unpaired) electrons. The van der Waals surface area contributed by atoms with Gasteiger partial charge in [0.2, 0.25) is 11.8 Å². The Morgan fingerprint density at radius 3 is 2.37 bits per heavy atom. The summed E-state index contributed by atoms with van der Waals surface area (Å²) in [5, 5.41) is 5.30. The third kappa shape index (κ3) is 9.44. The highest BCUT2D eigenvalue weighted by Crippen LogP contribution is 1.99. The summed E-state index contributed by atoms with van der Waals surface area (Å²) in [5.41, 5.74) is 5.13. The van der Waals surface area contributed by atoms with Crippen LogP contribution in [0, 0.1) is 0 Å². The summed E-state index contributed by atoms with van der Waals surface area (Å²) in [7, 11) is 0. The van der Waals surface area contributed by atoms with E-state index in [4.69, 9.17) is 5.73 Å². The van der Waals surface area contributed by atoms with E-state index in [-0.39, 0.29) is 30.9 Å². The molecule has 6 heteroatoms. The Bertz CT molecular complexity index is 267. The van der Waals surface area contributed by atoms with Crippen LogP contribution in [0.25, 0.3) is 0 Å². The molecule has 4 N–H and O–H groups in total. The second-order valence-electron chi connectivity index (χ2n) is 4.62. The molecule has 0 saturated carbocycles. The molecule has 0 aliphatic carbocycles. The molecule has 112 valence electrons. The number of carbonyl (C=O) groups is 2. The van der Waals surface area contributed by atoms with Gasteiger partial charge in [-0.05, 0) is 39.4 Å². The number of hydrogen-bond donors (Lipinski definition) is 3. The molecule has 0 rings (SSSR count). The van der Waals surface area contributed by atoms with Gasteiger partial charge >= 0.3 is 0 Å². The predicted molar refractivity (Wildman–Crippen MR) is 76.7 cm³/mol. The van der Waals surface area contributed by atoms with E-state index in [9.17, 15) is 9.59 Å². The van der Waals surface area contributed by atoms with Crippen LogP contribution in [0.5, 0.6) is 0 Å². The van der Waals surface area contributed by atoms with Gasteiger partial charge in [-0.3, -0.25) is 9.59 Å². The van der Waals surface area contributed by atoms with Crippen LogP contribution in [0.3, 0.4) is 0 Å². The van der Waals surface area contributed by atoms with Gasteiger partial charge in [0.1, 0.15) is 0 Å². The lowest BCUT2D eigenvalue weighted by molar-refractivity contribution is -0.125. The molecule has 0 aromatic rings. The molecule has 0 aliphatic heterocycles. The van der Waals surface area contributed by atoms with Crippen LogP contribution in [0.1, 0.15) is 33.6 Å². The van der Waals surface area contributed by atoms with Gasteiger partial charge in [0.05, 0.1) is 13.1 Å². The molecule has 0 aliphatic rings. The largest absolute Gasteiger partial charge is 0.352 e. The number of nitrogens with one attached hydrogen (secondary N) is 2. The van der Waals surface area contributed by atoms with Crippen LogP contribution < -0.4 is 16.4 Å². The maximum atomic E-state index is 11.5. The lowest BCUT2D eigenvalue weighted by Gasteiger charge is -2.19. The van der Waals surface area contributed by atoms with Crippen LogP contribution in [-0.2, 0) is 9.59 Å². The Kier molecular flexibility index (Phi) is 10.1. The number of rotatable bonds is 10. The van der Waals surface area contributed by atoms with E-state index >= 15 is 0 Å². The molecule has 19 heavy (non-hydrogen) atoms. The molecule has 0 saturated heterocycles. The van der Waals surface area contributed by atoms with Gasteiger partial charge < -0.3 is 21.3 Å². The Morgan fingerprint density at radius 2 is 1.84 bits per heavy atom. The number of amides is 2. The number of hydrogen-bond acceptors (Lipinski definition) is 4. The summed E-state index contributed by atoms with van der Waals surface area (Å²) >= 11 is 0. The van der Waals surface area contributed by atoms with Crippen molar-refractivity contribution in [3.8, 4) is 0 Å². The van der Waals surface area contributed by atoms with Crippen molar-refractivity contribution in [1.82, 2.24) is 15.5 Å². The van der Waals surface area contributed by atoms with Crippen molar-refractivity contribution in [2.45, 2.75) is 39.7 Å². The van der Waals surface area contributed by atoms with Gasteiger partial charge in [0, 0.05) is 6.04 Å². The first-order valence-corrected chi connectivity index (χ1v) is 7.01. The number of nitrogens with two attached hydrogens (primary N) is 1. The van der Waals surface area contributed by atoms with Crippen LogP contribution in [0.2, 0.25) is 0 Å². The van der Waals surface area contributed by atoms with Crippen molar-refractivity contribution in [3.05, 3.63) is 0 Å². The Balaban J connectivity index is 3.70. The summed E-state index contributed by atoms with van der Waals surface area (Å²) in [6.07, 6.45) is 1.99. The molecule has 0 spiro atoms. The van der Waals surface area contributed by atoms with Crippen molar-refractivity contribution in [2.24, 2.45) is 5.73 Å². The van der Waals surface area contributed by atoms with E-state index in [1.54, 1.807) is 0 Å². The fourth-order valence-corrected chi connectivity index (χ4v) is 1.81. The molecular formula is C13H28N4O2. The quantitative estimate of drug-likeness (QED) is 0.509. The molecule has 2 amide bonds. The molecule has 6 nitrogen and oxygen atoms in total. The lowest BCUT2D eigenvalue weighted by Crippen LogP contribution is -2.42. The van der Waals surface area contributed by atoms with Crippen LogP contribution >= 0.6 is 0 Å². The maximum Gasteiger partial charge on any atom is 0.239 e. The second-order valence-corrected chi connectivity index (χ2v) is 4.62. The van der Waals surface area contributed by atoms with Crippen molar-refractivity contribution in [1.29, 1.82) is 0 Å². The molecule has 0 heterocycles. The van der Waals surface area contributed by atoms with Gasteiger partial charge in [-0.25, -0.2) is 0 Å². The Morgan fingerprint density at radius 1 is 1.21 bits per heavy atom. The zero-order chi connectivity index (χ0) is 14.7. The van der Waals surface area contributed by atoms with E-state index in [0.717, 1.165) is 32.5 Å². The molecule has 0 bridgehead atoms. The maximum absolute atomic E-state index is 11.5. The number of carbonyl (C=O) groups excluding carboxylic acids is 2. The third-order valence-electron chi connectivity index (χ3n) is 3.04. The summed E-state index contributed by atoms with van der Waals surface area (Å²) < 4.78 is 0. The first-order valence-electron chi connectivity index (χ1n) is 7.01. The minimum atomic E-state index is -0.315. The fourth-order valence-electron chi connectivity index (χ4n) is 1.81. The average Bonchev–Trinajstić information content (AvgIpc) is 2.40. The Hall–Kier alpha value is -1.14. The van der Waals surface area contributed by atoms with E-state index in [1.165, 1.54) is 0 Å². The van der Waals surface area contributed by atoms with E-state index < -0.39 is 0 Å². The van der Waals surface area contributed by atoms with Crippen LogP contribution in [0.4, 0.5) is 0 Å². The zero-order valence-electron chi connectivity index (χ0n) is 12.4. The van der Waals surface area contributed by atoms with Crippen molar-refractivity contribution < 1.29 is 9.59 Å². The molecule has 0 aromatic heterocycles. The minimum absolute atomic E-state index is 0.00355. The van der Waals surface area contributed by atoms with E-state index in [0.29, 0.717) is 0 Å². The number of nitrogens with zero attached hydrogens (tertiary/aromatic N) is 1. The predicted octanol–water partition coefficient (Wildman–Crippen LogP) is -0.312. The Labute approximate surface area is 116 Å². The summed E-state index contributed by atoms with van der Waals surface area (Å²) in [4.78, 5) is 24.8. The normalized spacial score (nSPS) is 12.3. The zero-order valence-corrected chi connectivity index (χ0v) is 12.4. The topological polar surface area (TPSA) is 87.5 Å². The highest BCUT2D eigenvalue weighted by atomic mass is 16.2. The summed E-state index contributed by atoms with van der Waals surface area (Å²) in [6.45, 7) is 9.35. The smallest absolute Gasteiger partial charge is 0.239 e. The van der Waals surface area contributed by atoms with Gasteiger partial charge in [-0.2, -0.15) is 0 Å². The van der Waals surface area contributed by atoms with Crippen LogP contribution in [0.15, 0.2) is 0 Å². The van der Waals surface area contributed by atoms with Gasteiger partial charge in [-0.15, -0.1) is 0 Å². The van der Waals surface area contributed by atoms with Crippen LogP contribution in [-0.4, -0.2) is 55.5 Å². The second kappa shape index (κ2) is 10.8. The minimum Gasteiger partial charge on any atom is -0.352 e. The van der Waals surface area contributed by atoms with E-state index in [2.05, 4.69) is 29.4 Å². The van der Waals surface area contributed by atoms with Crippen molar-refractivity contribution >= 4 is 11.8 Å². The van der Waals surface area contributed by atoms with Gasteiger partial charge in [0.15, 0.2) is 0 Å². The highest BCUT2D eigenvalue weighted by Gasteiger charge is 2.08. The summed E-state index contributed by atoms with van der Waals surface area (Å²) in [6, 6.07) is 0.123. The molecule has 0 aromatic carbocycles. The molecular weight excluding hydrogens is 244 g/mol.